The Balaban J connectivity index is 1.36. The van der Waals surface area contributed by atoms with Gasteiger partial charge in [-0.3, -0.25) is 14.4 Å². The molecule has 4 aromatic carbocycles. The van der Waals surface area contributed by atoms with E-state index in [0.717, 1.165) is 9.37 Å². The normalized spacial score (nSPS) is 19.8. The monoisotopic (exact) mass is 616 g/mol. The summed E-state index contributed by atoms with van der Waals surface area (Å²) < 4.78 is 25.2. The average molecular weight is 617 g/mol. The second-order valence-corrected chi connectivity index (χ2v) is 10.4. The van der Waals surface area contributed by atoms with Crippen LogP contribution in [-0.4, -0.2) is 31.0 Å². The summed E-state index contributed by atoms with van der Waals surface area (Å²) in [6.45, 7) is 0. The van der Waals surface area contributed by atoms with Gasteiger partial charge < -0.3 is 9.47 Å². The van der Waals surface area contributed by atoms with Crippen LogP contribution in [0.5, 0.6) is 11.5 Å². The van der Waals surface area contributed by atoms with Crippen LogP contribution in [-0.2, 0) is 14.4 Å². The van der Waals surface area contributed by atoms with E-state index < -0.39 is 41.7 Å². The topological polar surface area (TPSA) is 85.4 Å². The van der Waals surface area contributed by atoms with Gasteiger partial charge in [0.1, 0.15) is 11.7 Å². The summed E-state index contributed by atoms with van der Waals surface area (Å²) in [6, 6.07) is 25.3. The van der Waals surface area contributed by atoms with Crippen molar-refractivity contribution in [2.24, 2.45) is 5.92 Å². The van der Waals surface area contributed by atoms with E-state index >= 15 is 0 Å². The molecule has 2 saturated heterocycles. The maximum absolute atomic E-state index is 13.9. The fourth-order valence-corrected chi connectivity index (χ4v) is 5.36. The second kappa shape index (κ2) is 10.8. The number of carbonyl (C=O) groups is 3. The summed E-state index contributed by atoms with van der Waals surface area (Å²) in [6.07, 6.45) is -1.04. The van der Waals surface area contributed by atoms with Crippen LogP contribution in [0.3, 0.4) is 0 Å². The third kappa shape index (κ3) is 4.85. The van der Waals surface area contributed by atoms with E-state index in [-0.39, 0.29) is 17.1 Å². The van der Waals surface area contributed by atoms with Gasteiger partial charge in [0.2, 0.25) is 5.91 Å². The third-order valence-corrected chi connectivity index (χ3v) is 7.55. The van der Waals surface area contributed by atoms with Gasteiger partial charge in [-0.15, -0.1) is 0 Å². The summed E-state index contributed by atoms with van der Waals surface area (Å²) in [4.78, 5) is 47.4. The minimum Gasteiger partial charge on any atom is -0.493 e. The van der Waals surface area contributed by atoms with Crippen LogP contribution in [0.15, 0.2) is 102 Å². The van der Waals surface area contributed by atoms with Gasteiger partial charge >= 0.3 is 5.97 Å². The number of rotatable bonds is 6. The molecule has 0 aromatic heterocycles. The van der Waals surface area contributed by atoms with Crippen molar-refractivity contribution in [1.82, 2.24) is 0 Å². The van der Waals surface area contributed by atoms with Crippen LogP contribution in [0.25, 0.3) is 0 Å². The van der Waals surface area contributed by atoms with E-state index in [0.29, 0.717) is 16.9 Å². The number of esters is 1. The number of imide groups is 1. The fraction of sp³-hybridized carbons (Fsp3) is 0.129. The lowest BCUT2D eigenvalue weighted by atomic mass is 9.90. The zero-order chi connectivity index (χ0) is 28.7. The van der Waals surface area contributed by atoms with Gasteiger partial charge in [0.25, 0.3) is 5.91 Å². The summed E-state index contributed by atoms with van der Waals surface area (Å²) in [5, 5.41) is 1.57. The molecule has 0 radical (unpaired) electrons. The van der Waals surface area contributed by atoms with Crippen molar-refractivity contribution in [2.45, 2.75) is 12.1 Å². The Bertz CT molecular complexity index is 1630. The Morgan fingerprint density at radius 3 is 2.24 bits per heavy atom. The number of para-hydroxylation sites is 1. The van der Waals surface area contributed by atoms with Gasteiger partial charge in [-0.2, -0.15) is 0 Å². The molecule has 2 fully saturated rings. The molecule has 0 spiro atoms. The predicted octanol–water partition coefficient (Wildman–Crippen LogP) is 5.87. The highest BCUT2D eigenvalue weighted by molar-refractivity contribution is 9.10. The molecule has 0 unspecified atom stereocenters. The van der Waals surface area contributed by atoms with E-state index in [1.54, 1.807) is 47.5 Å². The number of amides is 2. The van der Waals surface area contributed by atoms with Crippen molar-refractivity contribution in [3.05, 3.63) is 118 Å². The largest absolute Gasteiger partial charge is 0.493 e. The molecule has 0 N–H and O–H groups in total. The molecule has 3 atom stereocenters. The summed E-state index contributed by atoms with van der Waals surface area (Å²) in [7, 11) is 1.43. The first-order chi connectivity index (χ1) is 19.9. The predicted molar refractivity (Wildman–Crippen MR) is 151 cm³/mol. The summed E-state index contributed by atoms with van der Waals surface area (Å²) in [5.74, 6) is -2.49. The van der Waals surface area contributed by atoms with Gasteiger partial charge in [0.15, 0.2) is 17.6 Å². The molecule has 4 aromatic rings. The average Bonchev–Trinajstić information content (AvgIpc) is 3.50. The SMILES string of the molecule is COc1cc([C@@H]2[C@@H]3C(=O)N(c4ccc(Br)cc4)C(=O)[C@@H]3ON2c2ccccc2)ccc1OC(=O)c1ccc(F)cc1. The molecule has 0 aliphatic carbocycles. The molecule has 2 aliphatic heterocycles. The lowest BCUT2D eigenvalue weighted by molar-refractivity contribution is -0.126. The minimum atomic E-state index is -1.04. The van der Waals surface area contributed by atoms with Crippen molar-refractivity contribution < 1.29 is 33.1 Å². The Morgan fingerprint density at radius 1 is 0.854 bits per heavy atom. The van der Waals surface area contributed by atoms with Crippen LogP contribution in [0.4, 0.5) is 15.8 Å². The van der Waals surface area contributed by atoms with E-state index in [1.165, 1.54) is 31.4 Å². The lowest BCUT2D eigenvalue weighted by Gasteiger charge is -2.29. The molecule has 0 saturated carbocycles. The first-order valence-electron chi connectivity index (χ1n) is 12.7. The molecule has 0 bridgehead atoms. The highest BCUT2D eigenvalue weighted by atomic mass is 79.9. The molecular weight excluding hydrogens is 595 g/mol. The highest BCUT2D eigenvalue weighted by Crippen LogP contribution is 2.48. The Labute approximate surface area is 242 Å². The number of hydrogen-bond acceptors (Lipinski definition) is 7. The molecule has 2 aliphatic rings. The minimum absolute atomic E-state index is 0.137. The molecule has 6 rings (SSSR count). The number of anilines is 2. The van der Waals surface area contributed by atoms with Crippen LogP contribution in [0.2, 0.25) is 0 Å². The quantitative estimate of drug-likeness (QED) is 0.152. The van der Waals surface area contributed by atoms with Crippen molar-refractivity contribution in [2.75, 3.05) is 17.1 Å². The number of benzene rings is 4. The molecule has 2 amide bonds. The molecule has 8 nitrogen and oxygen atoms in total. The number of nitrogens with zero attached hydrogens (tertiary/aromatic N) is 2. The van der Waals surface area contributed by atoms with Crippen molar-refractivity contribution in [3.8, 4) is 11.5 Å². The Kier molecular flexibility index (Phi) is 7.02. The number of hydroxylamine groups is 1. The number of fused-ring (bicyclic) bond motifs is 1. The van der Waals surface area contributed by atoms with Crippen LogP contribution < -0.4 is 19.4 Å². The van der Waals surface area contributed by atoms with Gasteiger partial charge in [-0.05, 0) is 78.4 Å². The molecular formula is C31H22BrFN2O6. The second-order valence-electron chi connectivity index (χ2n) is 9.45. The van der Waals surface area contributed by atoms with Gasteiger partial charge in [-0.25, -0.2) is 19.1 Å². The van der Waals surface area contributed by atoms with Gasteiger partial charge in [0, 0.05) is 4.47 Å². The first kappa shape index (κ1) is 26.7. The number of methoxy groups -OCH3 is 1. The molecule has 2 heterocycles. The summed E-state index contributed by atoms with van der Waals surface area (Å²) >= 11 is 3.38. The molecule has 41 heavy (non-hydrogen) atoms. The van der Waals surface area contributed by atoms with E-state index in [4.69, 9.17) is 14.3 Å². The van der Waals surface area contributed by atoms with E-state index in [2.05, 4.69) is 15.9 Å². The number of ether oxygens (including phenoxy) is 2. The van der Waals surface area contributed by atoms with Gasteiger partial charge in [-0.1, -0.05) is 40.2 Å². The number of hydrogen-bond donors (Lipinski definition) is 0. The van der Waals surface area contributed by atoms with Gasteiger partial charge in [0.05, 0.1) is 30.1 Å². The third-order valence-electron chi connectivity index (χ3n) is 7.02. The maximum atomic E-state index is 13.9. The van der Waals surface area contributed by atoms with Crippen LogP contribution in [0.1, 0.15) is 22.0 Å². The molecule has 206 valence electrons. The zero-order valence-electron chi connectivity index (χ0n) is 21.6. The number of halogens is 2. The maximum Gasteiger partial charge on any atom is 0.343 e. The number of carbonyl (C=O) groups excluding carboxylic acids is 3. The lowest BCUT2D eigenvalue weighted by Crippen LogP contribution is -2.37. The van der Waals surface area contributed by atoms with Crippen molar-refractivity contribution >= 4 is 45.1 Å². The van der Waals surface area contributed by atoms with E-state index in [1.807, 2.05) is 30.3 Å². The fourth-order valence-electron chi connectivity index (χ4n) is 5.09. The Morgan fingerprint density at radius 2 is 1.56 bits per heavy atom. The smallest absolute Gasteiger partial charge is 0.343 e. The van der Waals surface area contributed by atoms with E-state index in [9.17, 15) is 18.8 Å². The Hall–Kier alpha value is -4.54. The van der Waals surface area contributed by atoms with Crippen molar-refractivity contribution in [3.63, 3.8) is 0 Å². The van der Waals surface area contributed by atoms with Crippen molar-refractivity contribution in [1.29, 1.82) is 0 Å². The van der Waals surface area contributed by atoms with Crippen LogP contribution >= 0.6 is 15.9 Å². The molecule has 10 heteroatoms. The summed E-state index contributed by atoms with van der Waals surface area (Å²) in [5.41, 5.74) is 1.89. The standard InChI is InChI=1S/C31H22BrFN2O6/c1-39-25-17-19(9-16-24(25)40-31(38)18-7-12-21(33)13-8-18)27-26-28(41-35(27)23-5-3-2-4-6-23)30(37)34(29(26)36)22-14-10-20(32)11-15-22/h2-17,26-28H,1H3/t26-,27+,28+/m0/s1. The highest BCUT2D eigenvalue weighted by Gasteiger charge is 2.60. The first-order valence-corrected chi connectivity index (χ1v) is 13.4. The zero-order valence-corrected chi connectivity index (χ0v) is 23.2. The van der Waals surface area contributed by atoms with Crippen LogP contribution in [0, 0.1) is 11.7 Å².